The highest BCUT2D eigenvalue weighted by Gasteiger charge is 2.46. The maximum atomic E-state index is 12.4. The van der Waals surface area contributed by atoms with Crippen LogP contribution >= 0.6 is 0 Å². The van der Waals surface area contributed by atoms with Gasteiger partial charge in [0, 0.05) is 30.3 Å². The summed E-state index contributed by atoms with van der Waals surface area (Å²) in [7, 11) is 0. The number of nitrogens with zero attached hydrogens (tertiary/aromatic N) is 1. The van der Waals surface area contributed by atoms with Crippen molar-refractivity contribution in [3.8, 4) is 0 Å². The fraction of sp³-hybridized carbons (Fsp3) is 0.423. The first-order valence-electron chi connectivity index (χ1n) is 11.7. The predicted octanol–water partition coefficient (Wildman–Crippen LogP) is 2.11. The van der Waals surface area contributed by atoms with Crippen LogP contribution in [0.2, 0.25) is 0 Å². The number of carbonyl (C=O) groups excluding carboxylic acids is 3. The van der Waals surface area contributed by atoms with E-state index in [1.165, 1.54) is 0 Å². The largest absolute Gasteiger partial charge is 0.349 e. The van der Waals surface area contributed by atoms with E-state index in [9.17, 15) is 14.4 Å². The van der Waals surface area contributed by atoms with E-state index in [1.54, 1.807) is 12.1 Å². The zero-order valence-corrected chi connectivity index (χ0v) is 18.9. The first kappa shape index (κ1) is 21.6. The average Bonchev–Trinajstić information content (AvgIpc) is 3.07. The summed E-state index contributed by atoms with van der Waals surface area (Å²) in [5.74, 6) is -0.348. The van der Waals surface area contributed by atoms with Crippen molar-refractivity contribution in [2.75, 3.05) is 19.6 Å². The maximum absolute atomic E-state index is 12.4. The van der Waals surface area contributed by atoms with E-state index >= 15 is 0 Å². The van der Waals surface area contributed by atoms with Crippen LogP contribution in [0.5, 0.6) is 0 Å². The van der Waals surface area contributed by atoms with Crippen LogP contribution < -0.4 is 16.0 Å². The van der Waals surface area contributed by atoms with Crippen LogP contribution in [0.3, 0.4) is 0 Å². The van der Waals surface area contributed by atoms with E-state index in [1.807, 2.05) is 37.3 Å². The van der Waals surface area contributed by atoms with E-state index in [0.29, 0.717) is 11.6 Å². The van der Waals surface area contributed by atoms with Crippen LogP contribution in [0.4, 0.5) is 0 Å². The lowest BCUT2D eigenvalue weighted by Gasteiger charge is -2.48. The van der Waals surface area contributed by atoms with E-state index in [0.717, 1.165) is 55.5 Å². The second-order valence-corrected chi connectivity index (χ2v) is 9.58. The van der Waals surface area contributed by atoms with E-state index in [4.69, 9.17) is 0 Å². The summed E-state index contributed by atoms with van der Waals surface area (Å²) >= 11 is 0. The lowest BCUT2D eigenvalue weighted by molar-refractivity contribution is -0.122. The van der Waals surface area contributed by atoms with Gasteiger partial charge in [0.2, 0.25) is 5.91 Å². The SMILES string of the molecule is Cc1cccc(C(=O)NCC(=O)NC2CN(C3CCC4(CC3)NC(=O)c3ccccc34)C2)c1. The van der Waals surface area contributed by atoms with Gasteiger partial charge in [0.05, 0.1) is 18.1 Å². The quantitative estimate of drug-likeness (QED) is 0.656. The van der Waals surface area contributed by atoms with Gasteiger partial charge in [-0.1, -0.05) is 35.9 Å². The number of likely N-dealkylation sites (tertiary alicyclic amines) is 1. The number of rotatable bonds is 5. The average molecular weight is 447 g/mol. The van der Waals surface area contributed by atoms with Crippen LogP contribution in [-0.4, -0.2) is 54.3 Å². The number of hydrogen-bond donors (Lipinski definition) is 3. The highest BCUT2D eigenvalue weighted by molar-refractivity contribution is 6.00. The molecule has 0 radical (unpaired) electrons. The number of aryl methyl sites for hydroxylation is 1. The third kappa shape index (κ3) is 4.25. The number of carbonyl (C=O) groups is 3. The minimum absolute atomic E-state index is 0.0195. The van der Waals surface area contributed by atoms with E-state index < -0.39 is 0 Å². The first-order chi connectivity index (χ1) is 15.9. The van der Waals surface area contributed by atoms with E-state index in [-0.39, 0.29) is 35.8 Å². The molecular weight excluding hydrogens is 416 g/mol. The lowest BCUT2D eigenvalue weighted by Crippen LogP contribution is -2.63. The van der Waals surface area contributed by atoms with Gasteiger partial charge in [-0.2, -0.15) is 0 Å². The Morgan fingerprint density at radius 1 is 1.09 bits per heavy atom. The number of benzene rings is 2. The summed E-state index contributed by atoms with van der Waals surface area (Å²) in [5, 5.41) is 8.97. The summed E-state index contributed by atoms with van der Waals surface area (Å²) in [6.45, 7) is 3.57. The number of hydrogen-bond acceptors (Lipinski definition) is 4. The Labute approximate surface area is 193 Å². The van der Waals surface area contributed by atoms with Gasteiger partial charge in [0.15, 0.2) is 0 Å². The molecule has 0 atom stereocenters. The van der Waals surface area contributed by atoms with Gasteiger partial charge in [0.1, 0.15) is 0 Å². The number of nitrogens with one attached hydrogen (secondary N) is 3. The Kier molecular flexibility index (Phi) is 5.66. The summed E-state index contributed by atoms with van der Waals surface area (Å²) in [6.07, 6.45) is 3.95. The van der Waals surface area contributed by atoms with Gasteiger partial charge in [-0.15, -0.1) is 0 Å². The molecule has 3 amide bonds. The maximum Gasteiger partial charge on any atom is 0.252 e. The minimum Gasteiger partial charge on any atom is -0.349 e. The van der Waals surface area contributed by atoms with Gasteiger partial charge in [-0.25, -0.2) is 0 Å². The summed E-state index contributed by atoms with van der Waals surface area (Å²) in [5.41, 5.74) is 3.33. The molecule has 172 valence electrons. The normalized spacial score (nSPS) is 24.6. The molecule has 3 N–H and O–H groups in total. The molecule has 2 fully saturated rings. The predicted molar refractivity (Wildman–Crippen MR) is 125 cm³/mol. The minimum atomic E-state index is -0.235. The molecule has 5 rings (SSSR count). The van der Waals surface area contributed by atoms with Gasteiger partial charge in [0.25, 0.3) is 11.8 Å². The molecule has 3 aliphatic rings. The zero-order chi connectivity index (χ0) is 23.0. The molecule has 1 aliphatic carbocycles. The third-order valence-corrected chi connectivity index (χ3v) is 7.33. The number of fused-ring (bicyclic) bond motifs is 2. The molecule has 0 aromatic heterocycles. The Hall–Kier alpha value is -3.19. The van der Waals surface area contributed by atoms with Crippen molar-refractivity contribution in [3.05, 3.63) is 70.8 Å². The Morgan fingerprint density at radius 2 is 1.85 bits per heavy atom. The Morgan fingerprint density at radius 3 is 2.61 bits per heavy atom. The molecule has 2 aromatic rings. The Balaban J connectivity index is 1.05. The molecule has 0 unspecified atom stereocenters. The smallest absolute Gasteiger partial charge is 0.252 e. The highest BCUT2D eigenvalue weighted by atomic mass is 16.2. The number of amides is 3. The molecule has 2 heterocycles. The van der Waals surface area contributed by atoms with Crippen molar-refractivity contribution in [3.63, 3.8) is 0 Å². The monoisotopic (exact) mass is 446 g/mol. The van der Waals surface area contributed by atoms with Gasteiger partial charge >= 0.3 is 0 Å². The molecule has 1 saturated heterocycles. The van der Waals surface area contributed by atoms with Crippen LogP contribution in [0.1, 0.15) is 57.5 Å². The van der Waals surface area contributed by atoms with Crippen molar-refractivity contribution < 1.29 is 14.4 Å². The standard InChI is InChI=1S/C26H30N4O3/c1-17-5-4-6-18(13-17)24(32)27-14-23(31)28-19-15-30(16-19)20-9-11-26(12-10-20)22-8-3-2-7-21(22)25(33)29-26/h2-8,13,19-20H,9-12,14-16H2,1H3,(H,27,32)(H,28,31)(H,29,33). The fourth-order valence-electron chi connectivity index (χ4n) is 5.53. The molecule has 7 nitrogen and oxygen atoms in total. The van der Waals surface area contributed by atoms with Gasteiger partial charge in [-0.3, -0.25) is 19.3 Å². The zero-order valence-electron chi connectivity index (χ0n) is 18.9. The van der Waals surface area contributed by atoms with Crippen molar-refractivity contribution >= 4 is 17.7 Å². The summed E-state index contributed by atoms with van der Waals surface area (Å²) in [6, 6.07) is 15.9. The third-order valence-electron chi connectivity index (χ3n) is 7.33. The molecule has 2 aromatic carbocycles. The van der Waals surface area contributed by atoms with Gasteiger partial charge < -0.3 is 16.0 Å². The van der Waals surface area contributed by atoms with Crippen molar-refractivity contribution in [2.45, 2.75) is 50.2 Å². The van der Waals surface area contributed by atoms with Crippen LogP contribution in [0.15, 0.2) is 48.5 Å². The molecule has 0 bridgehead atoms. The molecule has 33 heavy (non-hydrogen) atoms. The summed E-state index contributed by atoms with van der Waals surface area (Å²) < 4.78 is 0. The van der Waals surface area contributed by atoms with Gasteiger partial charge in [-0.05, 0) is 56.4 Å². The van der Waals surface area contributed by atoms with Crippen LogP contribution in [-0.2, 0) is 10.3 Å². The molecule has 2 aliphatic heterocycles. The second kappa shape index (κ2) is 8.63. The lowest BCUT2D eigenvalue weighted by atomic mass is 9.75. The van der Waals surface area contributed by atoms with Crippen LogP contribution in [0.25, 0.3) is 0 Å². The van der Waals surface area contributed by atoms with Crippen molar-refractivity contribution in [1.29, 1.82) is 0 Å². The molecule has 7 heteroatoms. The fourth-order valence-corrected chi connectivity index (χ4v) is 5.53. The molecule has 1 spiro atoms. The van der Waals surface area contributed by atoms with Crippen molar-refractivity contribution in [2.24, 2.45) is 0 Å². The van der Waals surface area contributed by atoms with Crippen LogP contribution in [0, 0.1) is 6.92 Å². The second-order valence-electron chi connectivity index (χ2n) is 9.58. The molecule has 1 saturated carbocycles. The van der Waals surface area contributed by atoms with E-state index in [2.05, 4.69) is 26.9 Å². The Bertz CT molecular complexity index is 1080. The molecular formula is C26H30N4O3. The van der Waals surface area contributed by atoms with Crippen molar-refractivity contribution in [1.82, 2.24) is 20.9 Å². The highest BCUT2D eigenvalue weighted by Crippen LogP contribution is 2.43. The summed E-state index contributed by atoms with van der Waals surface area (Å²) in [4.78, 5) is 39.3. The topological polar surface area (TPSA) is 90.5 Å². The first-order valence-corrected chi connectivity index (χ1v) is 11.7.